The lowest BCUT2D eigenvalue weighted by atomic mass is 9.95. The van der Waals surface area contributed by atoms with Gasteiger partial charge in [0.25, 0.3) is 0 Å². The van der Waals surface area contributed by atoms with Gasteiger partial charge in [0, 0.05) is 19.2 Å². The number of ether oxygens (including phenoxy) is 1. The van der Waals surface area contributed by atoms with Crippen molar-refractivity contribution < 1.29 is 4.74 Å². The van der Waals surface area contributed by atoms with Crippen molar-refractivity contribution >= 4 is 0 Å². The van der Waals surface area contributed by atoms with Crippen LogP contribution in [0.15, 0.2) is 0 Å². The van der Waals surface area contributed by atoms with Crippen molar-refractivity contribution in [3.8, 4) is 0 Å². The minimum atomic E-state index is 0.477. The van der Waals surface area contributed by atoms with Crippen LogP contribution in [-0.4, -0.2) is 25.3 Å². The molecule has 0 aromatic rings. The van der Waals surface area contributed by atoms with Gasteiger partial charge >= 0.3 is 0 Å². The van der Waals surface area contributed by atoms with Gasteiger partial charge in [0.15, 0.2) is 0 Å². The van der Waals surface area contributed by atoms with E-state index in [0.29, 0.717) is 6.10 Å². The molecule has 1 heterocycles. The van der Waals surface area contributed by atoms with Gasteiger partial charge in [-0.15, -0.1) is 0 Å². The first-order valence-electron chi connectivity index (χ1n) is 5.21. The highest BCUT2D eigenvalue weighted by Gasteiger charge is 2.25. The molecule has 0 aromatic carbocycles. The predicted octanol–water partition coefficient (Wildman–Crippen LogP) is 1.55. The van der Waals surface area contributed by atoms with Crippen LogP contribution in [0.3, 0.4) is 0 Å². The maximum Gasteiger partial charge on any atom is 0.0587 e. The van der Waals surface area contributed by atoms with E-state index in [1.807, 2.05) is 0 Å². The summed E-state index contributed by atoms with van der Waals surface area (Å²) in [5.41, 5.74) is 0. The van der Waals surface area contributed by atoms with Gasteiger partial charge in [-0.3, -0.25) is 0 Å². The third-order valence-corrected chi connectivity index (χ3v) is 3.01. The molecule has 12 heavy (non-hydrogen) atoms. The van der Waals surface area contributed by atoms with Gasteiger partial charge in [0.2, 0.25) is 0 Å². The van der Waals surface area contributed by atoms with Crippen LogP contribution >= 0.6 is 0 Å². The SMILES string of the molecule is CC1OCCCC1CNC1CC1. The second-order valence-electron chi connectivity index (χ2n) is 4.16. The van der Waals surface area contributed by atoms with E-state index < -0.39 is 0 Å². The normalized spacial score (nSPS) is 36.8. The summed E-state index contributed by atoms with van der Waals surface area (Å²) in [6, 6.07) is 0.846. The van der Waals surface area contributed by atoms with E-state index in [1.54, 1.807) is 0 Å². The maximum absolute atomic E-state index is 5.60. The van der Waals surface area contributed by atoms with Gasteiger partial charge < -0.3 is 10.1 Å². The second kappa shape index (κ2) is 3.75. The average molecular weight is 169 g/mol. The zero-order chi connectivity index (χ0) is 8.39. The van der Waals surface area contributed by atoms with Crippen molar-refractivity contribution in [1.82, 2.24) is 5.32 Å². The molecule has 1 aliphatic heterocycles. The molecule has 0 radical (unpaired) electrons. The van der Waals surface area contributed by atoms with Crippen molar-refractivity contribution in [2.75, 3.05) is 13.2 Å². The van der Waals surface area contributed by atoms with E-state index in [-0.39, 0.29) is 0 Å². The van der Waals surface area contributed by atoms with Crippen LogP contribution in [0.1, 0.15) is 32.6 Å². The lowest BCUT2D eigenvalue weighted by Gasteiger charge is -2.29. The minimum absolute atomic E-state index is 0.477. The highest BCUT2D eigenvalue weighted by molar-refractivity contribution is 4.83. The van der Waals surface area contributed by atoms with Gasteiger partial charge in [-0.2, -0.15) is 0 Å². The molecule has 0 aromatic heterocycles. The zero-order valence-electron chi connectivity index (χ0n) is 7.88. The van der Waals surface area contributed by atoms with Gasteiger partial charge in [0.05, 0.1) is 6.10 Å². The fraction of sp³-hybridized carbons (Fsp3) is 1.00. The Balaban J connectivity index is 1.68. The van der Waals surface area contributed by atoms with E-state index >= 15 is 0 Å². The molecule has 1 N–H and O–H groups in total. The summed E-state index contributed by atoms with van der Waals surface area (Å²) in [7, 11) is 0. The molecule has 0 spiro atoms. The highest BCUT2D eigenvalue weighted by atomic mass is 16.5. The first kappa shape index (κ1) is 8.52. The molecule has 2 aliphatic rings. The lowest BCUT2D eigenvalue weighted by Crippen LogP contribution is -2.35. The zero-order valence-corrected chi connectivity index (χ0v) is 7.88. The van der Waals surface area contributed by atoms with E-state index in [9.17, 15) is 0 Å². The van der Waals surface area contributed by atoms with Crippen LogP contribution in [0.2, 0.25) is 0 Å². The molecule has 2 heteroatoms. The van der Waals surface area contributed by atoms with E-state index in [1.165, 1.54) is 32.2 Å². The molecular weight excluding hydrogens is 150 g/mol. The molecule has 2 fully saturated rings. The third kappa shape index (κ3) is 2.20. The molecule has 1 saturated heterocycles. The van der Waals surface area contributed by atoms with E-state index in [2.05, 4.69) is 12.2 Å². The second-order valence-corrected chi connectivity index (χ2v) is 4.16. The average Bonchev–Trinajstić information content (AvgIpc) is 2.86. The van der Waals surface area contributed by atoms with E-state index in [0.717, 1.165) is 18.6 Å². The van der Waals surface area contributed by atoms with Crippen molar-refractivity contribution in [1.29, 1.82) is 0 Å². The Bertz CT molecular complexity index is 145. The highest BCUT2D eigenvalue weighted by Crippen LogP contribution is 2.23. The van der Waals surface area contributed by atoms with Gasteiger partial charge in [-0.25, -0.2) is 0 Å². The van der Waals surface area contributed by atoms with Crippen LogP contribution in [0.25, 0.3) is 0 Å². The Morgan fingerprint density at radius 3 is 2.83 bits per heavy atom. The summed E-state index contributed by atoms with van der Waals surface area (Å²) < 4.78 is 5.60. The topological polar surface area (TPSA) is 21.3 Å². The Labute approximate surface area is 74.7 Å². The summed E-state index contributed by atoms with van der Waals surface area (Å²) in [6.45, 7) is 4.35. The Hall–Kier alpha value is -0.0800. The maximum atomic E-state index is 5.60. The molecule has 1 saturated carbocycles. The number of hydrogen-bond donors (Lipinski definition) is 1. The largest absolute Gasteiger partial charge is 0.378 e. The molecular formula is C10H19NO. The standard InChI is InChI=1S/C10H19NO/c1-8-9(3-2-6-12-8)7-11-10-4-5-10/h8-11H,2-7H2,1H3. The number of hydrogen-bond acceptors (Lipinski definition) is 2. The monoisotopic (exact) mass is 169 g/mol. The van der Waals surface area contributed by atoms with Gasteiger partial charge in [-0.1, -0.05) is 0 Å². The fourth-order valence-electron chi connectivity index (χ4n) is 1.86. The van der Waals surface area contributed by atoms with Gasteiger partial charge in [-0.05, 0) is 38.5 Å². The molecule has 70 valence electrons. The third-order valence-electron chi connectivity index (χ3n) is 3.01. The molecule has 2 atom stereocenters. The quantitative estimate of drug-likeness (QED) is 0.692. The van der Waals surface area contributed by atoms with E-state index in [4.69, 9.17) is 4.74 Å². The summed E-state index contributed by atoms with van der Waals surface area (Å²) in [4.78, 5) is 0. The molecule has 0 bridgehead atoms. The van der Waals surface area contributed by atoms with Crippen LogP contribution in [0.5, 0.6) is 0 Å². The van der Waals surface area contributed by atoms with Crippen molar-refractivity contribution in [3.63, 3.8) is 0 Å². The summed E-state index contributed by atoms with van der Waals surface area (Å²) >= 11 is 0. The molecule has 1 aliphatic carbocycles. The lowest BCUT2D eigenvalue weighted by molar-refractivity contribution is -0.0138. The Morgan fingerprint density at radius 2 is 2.17 bits per heavy atom. The smallest absolute Gasteiger partial charge is 0.0587 e. The molecule has 2 nitrogen and oxygen atoms in total. The van der Waals surface area contributed by atoms with Crippen molar-refractivity contribution in [2.24, 2.45) is 5.92 Å². The molecule has 2 unspecified atom stereocenters. The molecule has 0 amide bonds. The summed E-state index contributed by atoms with van der Waals surface area (Å²) in [6.07, 6.45) is 5.86. The minimum Gasteiger partial charge on any atom is -0.378 e. The van der Waals surface area contributed by atoms with Crippen LogP contribution in [0.4, 0.5) is 0 Å². The summed E-state index contributed by atoms with van der Waals surface area (Å²) in [5.74, 6) is 0.763. The van der Waals surface area contributed by atoms with Crippen molar-refractivity contribution in [2.45, 2.75) is 44.8 Å². The Morgan fingerprint density at radius 1 is 1.33 bits per heavy atom. The van der Waals surface area contributed by atoms with Crippen LogP contribution in [0, 0.1) is 5.92 Å². The predicted molar refractivity (Wildman–Crippen MR) is 49.2 cm³/mol. The fourth-order valence-corrected chi connectivity index (χ4v) is 1.86. The number of rotatable bonds is 3. The molecule has 2 rings (SSSR count). The number of nitrogens with one attached hydrogen (secondary N) is 1. The van der Waals surface area contributed by atoms with Crippen LogP contribution < -0.4 is 5.32 Å². The first-order chi connectivity index (χ1) is 5.86. The first-order valence-corrected chi connectivity index (χ1v) is 5.21. The van der Waals surface area contributed by atoms with Crippen LogP contribution in [-0.2, 0) is 4.74 Å². The summed E-state index contributed by atoms with van der Waals surface area (Å²) in [5, 5.41) is 3.58. The van der Waals surface area contributed by atoms with Crippen molar-refractivity contribution in [3.05, 3.63) is 0 Å². The van der Waals surface area contributed by atoms with Gasteiger partial charge in [0.1, 0.15) is 0 Å². The Kier molecular flexibility index (Phi) is 2.66.